The second-order valence-electron chi connectivity index (χ2n) is 5.00. The molecular formula is C14H20BrClN2. The Morgan fingerprint density at radius 2 is 1.89 bits per heavy atom. The van der Waals surface area contributed by atoms with E-state index in [1.54, 1.807) is 0 Å². The molecule has 2 rings (SSSR count). The van der Waals surface area contributed by atoms with Crippen molar-refractivity contribution in [3.63, 3.8) is 0 Å². The molecule has 1 aromatic rings. The van der Waals surface area contributed by atoms with Gasteiger partial charge in [-0.1, -0.05) is 46.6 Å². The van der Waals surface area contributed by atoms with E-state index in [0.717, 1.165) is 42.4 Å². The number of alkyl halides is 1. The molecule has 0 radical (unpaired) electrons. The van der Waals surface area contributed by atoms with E-state index >= 15 is 0 Å². The first-order valence-electron chi connectivity index (χ1n) is 6.48. The van der Waals surface area contributed by atoms with E-state index in [0.29, 0.717) is 0 Å². The molecule has 1 saturated heterocycles. The lowest BCUT2D eigenvalue weighted by molar-refractivity contribution is 0.233. The molecule has 100 valence electrons. The molecule has 1 aliphatic heterocycles. The third-order valence-electron chi connectivity index (χ3n) is 3.40. The van der Waals surface area contributed by atoms with Gasteiger partial charge in [-0.25, -0.2) is 0 Å². The van der Waals surface area contributed by atoms with Crippen LogP contribution in [0.1, 0.15) is 6.92 Å². The predicted molar refractivity (Wildman–Crippen MR) is 83.1 cm³/mol. The van der Waals surface area contributed by atoms with Crippen LogP contribution in [0.3, 0.4) is 0 Å². The van der Waals surface area contributed by atoms with Crippen molar-refractivity contribution in [1.82, 2.24) is 4.90 Å². The van der Waals surface area contributed by atoms with Crippen LogP contribution in [0.4, 0.5) is 5.69 Å². The van der Waals surface area contributed by atoms with Crippen molar-refractivity contribution >= 4 is 33.2 Å². The van der Waals surface area contributed by atoms with Crippen LogP contribution in [0.25, 0.3) is 0 Å². The van der Waals surface area contributed by atoms with Gasteiger partial charge in [0, 0.05) is 38.1 Å². The van der Waals surface area contributed by atoms with Crippen LogP contribution in [0.5, 0.6) is 0 Å². The number of hydrogen-bond donors (Lipinski definition) is 0. The van der Waals surface area contributed by atoms with Crippen LogP contribution in [-0.2, 0) is 0 Å². The molecule has 1 aliphatic rings. The highest BCUT2D eigenvalue weighted by molar-refractivity contribution is 9.09. The van der Waals surface area contributed by atoms with E-state index < -0.39 is 0 Å². The number of nitrogens with zero attached hydrogens (tertiary/aromatic N) is 2. The summed E-state index contributed by atoms with van der Waals surface area (Å²) in [6.45, 7) is 7.86. The summed E-state index contributed by atoms with van der Waals surface area (Å²) in [5.41, 5.74) is 1.17. The molecule has 1 heterocycles. The summed E-state index contributed by atoms with van der Waals surface area (Å²) in [5, 5.41) is 1.94. The molecule has 0 aromatic heterocycles. The molecule has 0 bridgehead atoms. The Morgan fingerprint density at radius 1 is 1.22 bits per heavy atom. The van der Waals surface area contributed by atoms with Crippen molar-refractivity contribution in [2.75, 3.05) is 43.0 Å². The van der Waals surface area contributed by atoms with Gasteiger partial charge >= 0.3 is 0 Å². The summed E-state index contributed by atoms with van der Waals surface area (Å²) in [4.78, 5) is 4.93. The zero-order valence-electron chi connectivity index (χ0n) is 10.8. The minimum atomic E-state index is 0.719. The lowest BCUT2D eigenvalue weighted by atomic mass is 10.2. The first kappa shape index (κ1) is 14.2. The highest BCUT2D eigenvalue weighted by Crippen LogP contribution is 2.26. The molecule has 1 aromatic carbocycles. The average Bonchev–Trinajstić information content (AvgIpc) is 2.40. The Morgan fingerprint density at radius 3 is 2.50 bits per heavy atom. The van der Waals surface area contributed by atoms with Crippen LogP contribution in [-0.4, -0.2) is 43.0 Å². The van der Waals surface area contributed by atoms with Gasteiger partial charge in [0.25, 0.3) is 0 Å². The summed E-state index contributed by atoms with van der Waals surface area (Å²) in [6, 6.07) is 8.12. The Bertz CT molecular complexity index is 378. The quantitative estimate of drug-likeness (QED) is 0.779. The van der Waals surface area contributed by atoms with Crippen LogP contribution >= 0.6 is 27.5 Å². The van der Waals surface area contributed by atoms with Crippen LogP contribution in [0.15, 0.2) is 24.3 Å². The van der Waals surface area contributed by atoms with Crippen LogP contribution in [0.2, 0.25) is 5.02 Å². The molecule has 2 nitrogen and oxygen atoms in total. The van der Waals surface area contributed by atoms with Gasteiger partial charge in [-0.15, -0.1) is 0 Å². The van der Waals surface area contributed by atoms with Gasteiger partial charge in [0.05, 0.1) is 10.7 Å². The fourth-order valence-electron chi connectivity index (χ4n) is 2.37. The maximum atomic E-state index is 6.24. The van der Waals surface area contributed by atoms with E-state index in [-0.39, 0.29) is 0 Å². The lowest BCUT2D eigenvalue weighted by Gasteiger charge is -2.37. The van der Waals surface area contributed by atoms with Gasteiger partial charge in [-0.05, 0) is 18.1 Å². The van der Waals surface area contributed by atoms with Crippen LogP contribution in [0, 0.1) is 5.92 Å². The third kappa shape index (κ3) is 3.62. The monoisotopic (exact) mass is 330 g/mol. The molecule has 1 fully saturated rings. The maximum absolute atomic E-state index is 6.24. The Kier molecular flexibility index (Phi) is 5.34. The fourth-order valence-corrected chi connectivity index (χ4v) is 2.83. The van der Waals surface area contributed by atoms with Gasteiger partial charge in [-0.2, -0.15) is 0 Å². The Labute approximate surface area is 123 Å². The molecule has 0 saturated carbocycles. The summed E-state index contributed by atoms with van der Waals surface area (Å²) >= 11 is 9.78. The van der Waals surface area contributed by atoms with Crippen molar-refractivity contribution < 1.29 is 0 Å². The Balaban J connectivity index is 1.89. The number of anilines is 1. The molecule has 0 N–H and O–H groups in total. The topological polar surface area (TPSA) is 6.48 Å². The molecule has 0 spiro atoms. The van der Waals surface area contributed by atoms with Gasteiger partial charge in [0.2, 0.25) is 0 Å². The lowest BCUT2D eigenvalue weighted by Crippen LogP contribution is -2.47. The van der Waals surface area contributed by atoms with E-state index in [9.17, 15) is 0 Å². The van der Waals surface area contributed by atoms with Gasteiger partial charge in [0.1, 0.15) is 0 Å². The molecule has 18 heavy (non-hydrogen) atoms. The predicted octanol–water partition coefficient (Wildman–Crippen LogP) is 3.49. The number of piperazine rings is 1. The molecule has 1 atom stereocenters. The van der Waals surface area contributed by atoms with E-state index in [4.69, 9.17) is 11.6 Å². The van der Waals surface area contributed by atoms with E-state index in [1.165, 1.54) is 12.2 Å². The SMILES string of the molecule is CC(CBr)CN1CCN(c2ccccc2Cl)CC1. The van der Waals surface area contributed by atoms with Crippen molar-refractivity contribution in [3.8, 4) is 0 Å². The minimum Gasteiger partial charge on any atom is -0.368 e. The van der Waals surface area contributed by atoms with Crippen molar-refractivity contribution in [3.05, 3.63) is 29.3 Å². The van der Waals surface area contributed by atoms with Crippen molar-refractivity contribution in [1.29, 1.82) is 0 Å². The number of hydrogen-bond acceptors (Lipinski definition) is 2. The zero-order valence-corrected chi connectivity index (χ0v) is 13.1. The first-order valence-corrected chi connectivity index (χ1v) is 7.98. The number of benzene rings is 1. The smallest absolute Gasteiger partial charge is 0.0639 e. The Hall–Kier alpha value is -0.250. The van der Waals surface area contributed by atoms with Crippen LogP contribution < -0.4 is 4.90 Å². The number of rotatable bonds is 4. The second kappa shape index (κ2) is 6.78. The van der Waals surface area contributed by atoms with E-state index in [2.05, 4.69) is 44.8 Å². The molecule has 0 aliphatic carbocycles. The minimum absolute atomic E-state index is 0.719. The fraction of sp³-hybridized carbons (Fsp3) is 0.571. The van der Waals surface area contributed by atoms with Gasteiger partial charge in [0.15, 0.2) is 0 Å². The van der Waals surface area contributed by atoms with Crippen molar-refractivity contribution in [2.45, 2.75) is 6.92 Å². The molecule has 4 heteroatoms. The standard InChI is InChI=1S/C14H20BrClN2/c1-12(10-15)11-17-6-8-18(9-7-17)14-5-3-2-4-13(14)16/h2-5,12H,6-11H2,1H3. The number of halogens is 2. The first-order chi connectivity index (χ1) is 8.70. The highest BCUT2D eigenvalue weighted by atomic mass is 79.9. The maximum Gasteiger partial charge on any atom is 0.0639 e. The van der Waals surface area contributed by atoms with Gasteiger partial charge < -0.3 is 4.90 Å². The van der Waals surface area contributed by atoms with Crippen molar-refractivity contribution in [2.24, 2.45) is 5.92 Å². The summed E-state index contributed by atoms with van der Waals surface area (Å²) in [5.74, 6) is 0.719. The summed E-state index contributed by atoms with van der Waals surface area (Å²) < 4.78 is 0. The largest absolute Gasteiger partial charge is 0.368 e. The highest BCUT2D eigenvalue weighted by Gasteiger charge is 2.19. The molecular weight excluding hydrogens is 312 g/mol. The van der Waals surface area contributed by atoms with E-state index in [1.807, 2.05) is 12.1 Å². The summed E-state index contributed by atoms with van der Waals surface area (Å²) in [6.07, 6.45) is 0. The van der Waals surface area contributed by atoms with Gasteiger partial charge in [-0.3, -0.25) is 4.90 Å². The zero-order chi connectivity index (χ0) is 13.0. The molecule has 1 unspecified atom stereocenters. The number of para-hydroxylation sites is 1. The average molecular weight is 332 g/mol. The second-order valence-corrected chi connectivity index (χ2v) is 6.05. The third-order valence-corrected chi connectivity index (χ3v) is 4.82. The normalized spacial score (nSPS) is 18.9. The summed E-state index contributed by atoms with van der Waals surface area (Å²) in [7, 11) is 0. The molecule has 0 amide bonds.